The lowest BCUT2D eigenvalue weighted by Gasteiger charge is -2.25. The lowest BCUT2D eigenvalue weighted by atomic mass is 10.0. The minimum absolute atomic E-state index is 0.263. The molecular formula is C19H21FN6S. The van der Waals surface area contributed by atoms with E-state index in [4.69, 9.17) is 0 Å². The molecule has 4 rings (SSSR count). The molecule has 140 valence electrons. The molecule has 1 fully saturated rings. The number of hydrogen-bond acceptors (Lipinski definition) is 6. The molecule has 27 heavy (non-hydrogen) atoms. The Morgan fingerprint density at radius 2 is 1.93 bits per heavy atom. The van der Waals surface area contributed by atoms with Crippen LogP contribution in [0.2, 0.25) is 0 Å². The quantitative estimate of drug-likeness (QED) is 0.653. The van der Waals surface area contributed by atoms with Crippen molar-refractivity contribution in [3.8, 4) is 22.8 Å². The standard InChI is InChI=1S/C19H21FN6S/c1-27-25-16-8-11-22-19(24-16)18-17(13-2-4-14(20)5-3-13)23-12-26(18)15-6-9-21-10-7-15/h2-5,8,11-12,15,21H,6-7,9-10H2,1H3,(H,22,24,25). The molecule has 3 aromatic rings. The molecule has 3 heterocycles. The van der Waals surface area contributed by atoms with E-state index < -0.39 is 0 Å². The third kappa shape index (κ3) is 3.81. The van der Waals surface area contributed by atoms with E-state index >= 15 is 0 Å². The summed E-state index contributed by atoms with van der Waals surface area (Å²) in [5.74, 6) is 1.10. The van der Waals surface area contributed by atoms with Gasteiger partial charge in [-0.25, -0.2) is 19.3 Å². The molecule has 0 aliphatic carbocycles. The monoisotopic (exact) mass is 384 g/mol. The van der Waals surface area contributed by atoms with Crippen molar-refractivity contribution in [3.05, 3.63) is 48.7 Å². The number of rotatable bonds is 5. The highest BCUT2D eigenvalue weighted by atomic mass is 32.2. The predicted octanol–water partition coefficient (Wildman–Crippen LogP) is 3.76. The highest BCUT2D eigenvalue weighted by molar-refractivity contribution is 7.99. The molecule has 0 saturated carbocycles. The van der Waals surface area contributed by atoms with Crippen LogP contribution >= 0.6 is 11.9 Å². The van der Waals surface area contributed by atoms with Gasteiger partial charge in [0.1, 0.15) is 17.3 Å². The van der Waals surface area contributed by atoms with Crippen molar-refractivity contribution in [3.63, 3.8) is 0 Å². The van der Waals surface area contributed by atoms with Crippen molar-refractivity contribution in [2.45, 2.75) is 18.9 Å². The van der Waals surface area contributed by atoms with Crippen LogP contribution in [0.1, 0.15) is 18.9 Å². The summed E-state index contributed by atoms with van der Waals surface area (Å²) in [5, 5.41) is 3.39. The maximum atomic E-state index is 13.4. The van der Waals surface area contributed by atoms with Crippen LogP contribution in [0.4, 0.5) is 10.2 Å². The second-order valence-corrected chi connectivity index (χ2v) is 7.02. The Bertz CT molecular complexity index is 905. The van der Waals surface area contributed by atoms with Crippen molar-refractivity contribution in [2.24, 2.45) is 0 Å². The van der Waals surface area contributed by atoms with Crippen molar-refractivity contribution < 1.29 is 4.39 Å². The molecule has 2 N–H and O–H groups in total. The first kappa shape index (κ1) is 17.9. The van der Waals surface area contributed by atoms with E-state index in [-0.39, 0.29) is 5.82 Å². The molecular weight excluding hydrogens is 363 g/mol. The summed E-state index contributed by atoms with van der Waals surface area (Å²) >= 11 is 1.48. The van der Waals surface area contributed by atoms with Crippen molar-refractivity contribution >= 4 is 17.8 Å². The largest absolute Gasteiger partial charge is 0.324 e. The fraction of sp³-hybridized carbons (Fsp3) is 0.316. The zero-order valence-electron chi connectivity index (χ0n) is 15.0. The van der Waals surface area contributed by atoms with Crippen LogP contribution in [0, 0.1) is 5.82 Å². The second kappa shape index (κ2) is 8.06. The van der Waals surface area contributed by atoms with Gasteiger partial charge in [-0.15, -0.1) is 0 Å². The fourth-order valence-corrected chi connectivity index (χ4v) is 3.72. The van der Waals surface area contributed by atoms with Gasteiger partial charge in [-0.3, -0.25) is 0 Å². The van der Waals surface area contributed by atoms with Crippen molar-refractivity contribution in [2.75, 3.05) is 24.1 Å². The third-order valence-electron chi connectivity index (χ3n) is 4.69. The van der Waals surface area contributed by atoms with E-state index in [1.165, 1.54) is 24.1 Å². The first-order valence-corrected chi connectivity index (χ1v) is 10.1. The molecule has 0 amide bonds. The van der Waals surface area contributed by atoms with Gasteiger partial charge in [-0.1, -0.05) is 11.9 Å². The molecule has 1 aliphatic heterocycles. The summed E-state index contributed by atoms with van der Waals surface area (Å²) in [7, 11) is 0. The molecule has 2 aromatic heterocycles. The van der Waals surface area contributed by atoms with Gasteiger partial charge in [0.05, 0.1) is 12.0 Å². The molecule has 0 unspecified atom stereocenters. The lowest BCUT2D eigenvalue weighted by molar-refractivity contribution is 0.370. The van der Waals surface area contributed by atoms with Crippen LogP contribution in [0.5, 0.6) is 0 Å². The number of benzene rings is 1. The normalized spacial score (nSPS) is 15.0. The number of anilines is 1. The summed E-state index contributed by atoms with van der Waals surface area (Å²) in [6.07, 6.45) is 7.60. The third-order valence-corrected chi connectivity index (χ3v) is 5.10. The number of halogens is 1. The van der Waals surface area contributed by atoms with Gasteiger partial charge in [0.2, 0.25) is 0 Å². The minimum atomic E-state index is -0.263. The molecule has 1 aromatic carbocycles. The zero-order chi connectivity index (χ0) is 18.6. The van der Waals surface area contributed by atoms with Crippen LogP contribution < -0.4 is 10.0 Å². The number of imidazole rings is 1. The Balaban J connectivity index is 1.83. The van der Waals surface area contributed by atoms with E-state index in [0.29, 0.717) is 11.9 Å². The van der Waals surface area contributed by atoms with Crippen LogP contribution in [-0.4, -0.2) is 38.9 Å². The molecule has 1 saturated heterocycles. The number of piperidine rings is 1. The Morgan fingerprint density at radius 3 is 2.67 bits per heavy atom. The Labute approximate surface area is 161 Å². The van der Waals surface area contributed by atoms with Gasteiger partial charge < -0.3 is 14.6 Å². The zero-order valence-corrected chi connectivity index (χ0v) is 15.8. The van der Waals surface area contributed by atoms with E-state index in [0.717, 1.165) is 48.7 Å². The van der Waals surface area contributed by atoms with Crippen molar-refractivity contribution in [1.29, 1.82) is 0 Å². The van der Waals surface area contributed by atoms with Gasteiger partial charge in [-0.05, 0) is 56.3 Å². The highest BCUT2D eigenvalue weighted by Crippen LogP contribution is 2.34. The maximum Gasteiger partial charge on any atom is 0.180 e. The molecule has 0 bridgehead atoms. The molecule has 8 heteroatoms. The van der Waals surface area contributed by atoms with Crippen LogP contribution in [0.3, 0.4) is 0 Å². The molecule has 6 nitrogen and oxygen atoms in total. The van der Waals surface area contributed by atoms with Gasteiger partial charge in [-0.2, -0.15) is 0 Å². The van der Waals surface area contributed by atoms with Gasteiger partial charge >= 0.3 is 0 Å². The SMILES string of the molecule is CSNc1ccnc(-c2c(-c3ccc(F)cc3)ncn2C2CCNCC2)n1. The molecule has 0 atom stereocenters. The number of aromatic nitrogens is 4. The van der Waals surface area contributed by atoms with Crippen molar-refractivity contribution in [1.82, 2.24) is 24.8 Å². The summed E-state index contributed by atoms with van der Waals surface area (Å²) in [6.45, 7) is 1.95. The van der Waals surface area contributed by atoms with E-state index in [1.807, 2.05) is 18.6 Å². The average molecular weight is 384 g/mol. The first-order chi connectivity index (χ1) is 13.3. The van der Waals surface area contributed by atoms with E-state index in [9.17, 15) is 4.39 Å². The van der Waals surface area contributed by atoms with Gasteiger partial charge in [0.25, 0.3) is 0 Å². The van der Waals surface area contributed by atoms with E-state index in [1.54, 1.807) is 18.3 Å². The van der Waals surface area contributed by atoms with Gasteiger partial charge in [0, 0.05) is 24.1 Å². The summed E-state index contributed by atoms with van der Waals surface area (Å²) in [5.41, 5.74) is 2.50. The molecule has 1 aliphatic rings. The Hall–Kier alpha value is -2.45. The Morgan fingerprint density at radius 1 is 1.15 bits per heavy atom. The average Bonchev–Trinajstić information content (AvgIpc) is 3.15. The minimum Gasteiger partial charge on any atom is -0.324 e. The van der Waals surface area contributed by atoms with Crippen LogP contribution in [0.15, 0.2) is 42.9 Å². The maximum absolute atomic E-state index is 13.4. The smallest absolute Gasteiger partial charge is 0.180 e. The summed E-state index contributed by atoms with van der Waals surface area (Å²) in [4.78, 5) is 13.8. The number of nitrogens with one attached hydrogen (secondary N) is 2. The number of nitrogens with zero attached hydrogens (tertiary/aromatic N) is 4. The number of hydrogen-bond donors (Lipinski definition) is 2. The summed E-state index contributed by atoms with van der Waals surface area (Å²) in [6, 6.07) is 8.58. The second-order valence-electron chi connectivity index (χ2n) is 6.41. The topological polar surface area (TPSA) is 67.7 Å². The fourth-order valence-electron chi connectivity index (χ4n) is 3.40. The molecule has 0 spiro atoms. The van der Waals surface area contributed by atoms with Gasteiger partial charge in [0.15, 0.2) is 5.82 Å². The first-order valence-electron chi connectivity index (χ1n) is 8.92. The van der Waals surface area contributed by atoms with E-state index in [2.05, 4.69) is 29.6 Å². The Kier molecular flexibility index (Phi) is 5.35. The summed E-state index contributed by atoms with van der Waals surface area (Å²) < 4.78 is 18.7. The highest BCUT2D eigenvalue weighted by Gasteiger charge is 2.24. The lowest BCUT2D eigenvalue weighted by Crippen LogP contribution is -2.29. The van der Waals surface area contributed by atoms with Crippen LogP contribution in [-0.2, 0) is 0 Å². The predicted molar refractivity (Wildman–Crippen MR) is 107 cm³/mol. The molecule has 0 radical (unpaired) electrons. The van der Waals surface area contributed by atoms with Crippen LogP contribution in [0.25, 0.3) is 22.8 Å².